The molecule has 2 heterocycles. The molecule has 9 heteroatoms. The quantitative estimate of drug-likeness (QED) is 0.530. The number of piperazine rings is 1. The Morgan fingerprint density at radius 3 is 2.21 bits per heavy atom. The Kier molecular flexibility index (Phi) is 7.45. The molecule has 3 aromatic rings. The van der Waals surface area contributed by atoms with E-state index >= 15 is 0 Å². The molecular formula is C25H30N4O4S. The minimum absolute atomic E-state index is 0.0770. The van der Waals surface area contributed by atoms with Crippen LogP contribution >= 0.6 is 0 Å². The van der Waals surface area contributed by atoms with Crippen molar-refractivity contribution in [2.24, 2.45) is 0 Å². The molecule has 4 rings (SSSR count). The average molecular weight is 483 g/mol. The van der Waals surface area contributed by atoms with E-state index in [4.69, 9.17) is 4.52 Å². The number of amides is 1. The van der Waals surface area contributed by atoms with Crippen LogP contribution in [-0.2, 0) is 21.2 Å². The summed E-state index contributed by atoms with van der Waals surface area (Å²) in [6.45, 7) is 5.03. The molecule has 1 N–H and O–H groups in total. The zero-order valence-corrected chi connectivity index (χ0v) is 20.3. The molecule has 1 aliphatic heterocycles. The average Bonchev–Trinajstić information content (AvgIpc) is 3.19. The van der Waals surface area contributed by atoms with E-state index in [0.29, 0.717) is 44.1 Å². The van der Waals surface area contributed by atoms with Crippen molar-refractivity contribution in [3.05, 3.63) is 83.2 Å². The van der Waals surface area contributed by atoms with Gasteiger partial charge in [0.1, 0.15) is 10.6 Å². The van der Waals surface area contributed by atoms with E-state index < -0.39 is 10.0 Å². The van der Waals surface area contributed by atoms with Gasteiger partial charge in [-0.25, -0.2) is 8.42 Å². The lowest BCUT2D eigenvalue weighted by molar-refractivity contribution is -0.123. The molecule has 0 spiro atoms. The predicted molar refractivity (Wildman–Crippen MR) is 129 cm³/mol. The molecule has 0 unspecified atom stereocenters. The maximum absolute atomic E-state index is 13.0. The fourth-order valence-corrected chi connectivity index (χ4v) is 6.04. The van der Waals surface area contributed by atoms with Crippen LogP contribution in [0.3, 0.4) is 0 Å². The minimum Gasteiger partial charge on any atom is -0.360 e. The van der Waals surface area contributed by atoms with Gasteiger partial charge in [0.15, 0.2) is 5.76 Å². The van der Waals surface area contributed by atoms with Crippen LogP contribution in [0, 0.1) is 13.8 Å². The summed E-state index contributed by atoms with van der Waals surface area (Å²) in [5, 5.41) is 6.94. The predicted octanol–water partition coefficient (Wildman–Crippen LogP) is 2.70. The molecule has 1 amide bonds. The van der Waals surface area contributed by atoms with E-state index in [2.05, 4.69) is 22.6 Å². The Labute approximate surface area is 200 Å². The third-order valence-electron chi connectivity index (χ3n) is 6.08. The number of hydrogen-bond acceptors (Lipinski definition) is 6. The minimum atomic E-state index is -3.67. The Morgan fingerprint density at radius 2 is 1.62 bits per heavy atom. The standard InChI is InChI=1S/C25H30N4O4S/c1-19-25(20(2)33-27-19)34(31,32)29-15-13-28(14-16-29)18-24(30)26-23(22-11-7-4-8-12-22)17-21-9-5-3-6-10-21/h3-12,23H,13-18H2,1-2H3,(H,26,30)/t23-/m0/s1. The van der Waals surface area contributed by atoms with E-state index in [1.807, 2.05) is 53.4 Å². The van der Waals surface area contributed by atoms with Crippen molar-refractivity contribution in [2.45, 2.75) is 31.2 Å². The highest BCUT2D eigenvalue weighted by atomic mass is 32.2. The first-order valence-corrected chi connectivity index (χ1v) is 12.8. The molecule has 2 aromatic carbocycles. The number of rotatable bonds is 8. The summed E-state index contributed by atoms with van der Waals surface area (Å²) in [4.78, 5) is 15.1. The summed E-state index contributed by atoms with van der Waals surface area (Å²) in [7, 11) is -3.67. The summed E-state index contributed by atoms with van der Waals surface area (Å²) in [6, 6.07) is 19.9. The summed E-state index contributed by atoms with van der Waals surface area (Å²) in [5.74, 6) is 0.219. The van der Waals surface area contributed by atoms with Gasteiger partial charge in [-0.15, -0.1) is 0 Å². The van der Waals surface area contributed by atoms with Gasteiger partial charge >= 0.3 is 0 Å². The first-order valence-electron chi connectivity index (χ1n) is 11.4. The van der Waals surface area contributed by atoms with Gasteiger partial charge in [-0.05, 0) is 31.4 Å². The lowest BCUT2D eigenvalue weighted by Gasteiger charge is -2.33. The summed E-state index contributed by atoms with van der Waals surface area (Å²) in [5.41, 5.74) is 2.56. The molecule has 0 radical (unpaired) electrons. The number of nitrogens with one attached hydrogen (secondary N) is 1. The Hall–Kier alpha value is -3.01. The number of carbonyl (C=O) groups excluding carboxylic acids is 1. The van der Waals surface area contributed by atoms with Crippen molar-refractivity contribution in [1.29, 1.82) is 0 Å². The van der Waals surface area contributed by atoms with Gasteiger partial charge in [0.05, 0.1) is 12.6 Å². The molecule has 1 fully saturated rings. The van der Waals surface area contributed by atoms with Crippen molar-refractivity contribution in [3.8, 4) is 0 Å². The van der Waals surface area contributed by atoms with Crippen molar-refractivity contribution in [1.82, 2.24) is 19.7 Å². The number of nitrogens with zero attached hydrogens (tertiary/aromatic N) is 3. The number of carbonyl (C=O) groups is 1. The number of aromatic nitrogens is 1. The number of hydrogen-bond donors (Lipinski definition) is 1. The summed E-state index contributed by atoms with van der Waals surface area (Å²) in [6.07, 6.45) is 0.694. The van der Waals surface area contributed by atoms with E-state index in [1.54, 1.807) is 13.8 Å². The highest BCUT2D eigenvalue weighted by molar-refractivity contribution is 7.89. The SMILES string of the molecule is Cc1noc(C)c1S(=O)(=O)N1CCN(CC(=O)N[C@@H](Cc2ccccc2)c2ccccc2)CC1. The first kappa shape index (κ1) is 24.1. The monoisotopic (exact) mass is 482 g/mol. The maximum atomic E-state index is 13.0. The van der Waals surface area contributed by atoms with Crippen molar-refractivity contribution in [2.75, 3.05) is 32.7 Å². The second-order valence-corrected chi connectivity index (χ2v) is 10.4. The molecule has 8 nitrogen and oxygen atoms in total. The van der Waals surface area contributed by atoms with Crippen LogP contribution < -0.4 is 5.32 Å². The van der Waals surface area contributed by atoms with Gasteiger partial charge in [-0.2, -0.15) is 4.31 Å². The Bertz CT molecular complexity index is 1180. The summed E-state index contributed by atoms with van der Waals surface area (Å²) < 4.78 is 32.5. The van der Waals surface area contributed by atoms with E-state index in [1.165, 1.54) is 4.31 Å². The normalized spacial score (nSPS) is 16.3. The van der Waals surface area contributed by atoms with E-state index in [0.717, 1.165) is 11.1 Å². The van der Waals surface area contributed by atoms with Crippen molar-refractivity contribution in [3.63, 3.8) is 0 Å². The molecule has 1 atom stereocenters. The third kappa shape index (κ3) is 5.55. The first-order chi connectivity index (χ1) is 16.3. The molecule has 1 aliphatic rings. The topological polar surface area (TPSA) is 95.8 Å². The number of sulfonamides is 1. The molecule has 180 valence electrons. The molecule has 0 bridgehead atoms. The highest BCUT2D eigenvalue weighted by Gasteiger charge is 2.33. The van der Waals surface area contributed by atoms with Crippen LogP contribution in [0.15, 0.2) is 70.1 Å². The smallest absolute Gasteiger partial charge is 0.248 e. The maximum Gasteiger partial charge on any atom is 0.248 e. The van der Waals surface area contributed by atoms with Gasteiger partial charge in [-0.1, -0.05) is 65.8 Å². The number of aryl methyl sites for hydroxylation is 2. The van der Waals surface area contributed by atoms with Crippen LogP contribution in [0.25, 0.3) is 0 Å². The third-order valence-corrected chi connectivity index (χ3v) is 8.23. The van der Waals surface area contributed by atoms with Gasteiger partial charge in [0.25, 0.3) is 0 Å². The molecular weight excluding hydrogens is 452 g/mol. The second kappa shape index (κ2) is 10.5. The van der Waals surface area contributed by atoms with E-state index in [-0.39, 0.29) is 23.4 Å². The fourth-order valence-electron chi connectivity index (χ4n) is 4.33. The van der Waals surface area contributed by atoms with Crippen molar-refractivity contribution >= 4 is 15.9 Å². The van der Waals surface area contributed by atoms with Crippen LogP contribution in [0.4, 0.5) is 0 Å². The second-order valence-electron chi connectivity index (χ2n) is 8.55. The Morgan fingerprint density at radius 1 is 1.00 bits per heavy atom. The molecule has 34 heavy (non-hydrogen) atoms. The van der Waals surface area contributed by atoms with Gasteiger partial charge in [-0.3, -0.25) is 9.69 Å². The molecule has 0 aliphatic carbocycles. The van der Waals surface area contributed by atoms with Crippen LogP contribution in [0.2, 0.25) is 0 Å². The van der Waals surface area contributed by atoms with Crippen LogP contribution in [0.1, 0.15) is 28.6 Å². The largest absolute Gasteiger partial charge is 0.360 e. The Balaban J connectivity index is 1.36. The molecule has 0 saturated carbocycles. The highest BCUT2D eigenvalue weighted by Crippen LogP contribution is 2.24. The lowest BCUT2D eigenvalue weighted by atomic mass is 9.99. The fraction of sp³-hybridized carbons (Fsp3) is 0.360. The zero-order valence-electron chi connectivity index (χ0n) is 19.5. The number of benzene rings is 2. The van der Waals surface area contributed by atoms with Gasteiger partial charge in [0.2, 0.25) is 15.9 Å². The van der Waals surface area contributed by atoms with Crippen molar-refractivity contribution < 1.29 is 17.7 Å². The van der Waals surface area contributed by atoms with Crippen LogP contribution in [0.5, 0.6) is 0 Å². The molecule has 1 aromatic heterocycles. The summed E-state index contributed by atoms with van der Waals surface area (Å²) >= 11 is 0. The van der Waals surface area contributed by atoms with Crippen LogP contribution in [-0.4, -0.2) is 61.4 Å². The lowest BCUT2D eigenvalue weighted by Crippen LogP contribution is -2.51. The van der Waals surface area contributed by atoms with Gasteiger partial charge < -0.3 is 9.84 Å². The van der Waals surface area contributed by atoms with E-state index in [9.17, 15) is 13.2 Å². The van der Waals surface area contributed by atoms with Gasteiger partial charge in [0, 0.05) is 26.2 Å². The molecule has 1 saturated heterocycles. The zero-order chi connectivity index (χ0) is 24.1.